The minimum atomic E-state index is -0.735. The van der Waals surface area contributed by atoms with Crippen molar-refractivity contribution < 1.29 is 18.7 Å². The first-order valence-corrected chi connectivity index (χ1v) is 5.98. The number of halogens is 3. The lowest BCUT2D eigenvalue weighted by atomic mass is 10.1. The minimum Gasteiger partial charge on any atom is -0.382 e. The molecule has 6 heteroatoms. The summed E-state index contributed by atoms with van der Waals surface area (Å²) in [6.07, 6.45) is 0. The van der Waals surface area contributed by atoms with Crippen LogP contribution in [-0.2, 0) is 9.47 Å². The average molecular weight is 326 g/mol. The summed E-state index contributed by atoms with van der Waals surface area (Å²) in [5, 5.41) is -0.104. The molecule has 0 radical (unpaired) electrons. The SMILES string of the molecule is COCCOCC(=O)c1ccc(Br)c(Cl)c1F. The Hall–Kier alpha value is -0.490. The standard InChI is InChI=1S/C11H11BrClFO3/c1-16-4-5-17-6-9(15)7-2-3-8(12)10(13)11(7)14/h2-3H,4-6H2,1H3. The molecule has 17 heavy (non-hydrogen) atoms. The van der Waals surface area contributed by atoms with E-state index in [2.05, 4.69) is 15.9 Å². The van der Waals surface area contributed by atoms with Gasteiger partial charge in [0.2, 0.25) is 0 Å². The normalized spacial score (nSPS) is 10.6. The van der Waals surface area contributed by atoms with Crippen LogP contribution in [0.15, 0.2) is 16.6 Å². The third-order valence-corrected chi connectivity index (χ3v) is 3.26. The van der Waals surface area contributed by atoms with Crippen molar-refractivity contribution in [2.75, 3.05) is 26.9 Å². The predicted molar refractivity (Wildman–Crippen MR) is 66.1 cm³/mol. The van der Waals surface area contributed by atoms with Crippen molar-refractivity contribution in [2.24, 2.45) is 0 Å². The summed E-state index contributed by atoms with van der Waals surface area (Å²) in [6, 6.07) is 2.89. The molecule has 0 bridgehead atoms. The number of carbonyl (C=O) groups excluding carboxylic acids is 1. The van der Waals surface area contributed by atoms with Crippen LogP contribution < -0.4 is 0 Å². The van der Waals surface area contributed by atoms with Gasteiger partial charge < -0.3 is 9.47 Å². The molecule has 0 N–H and O–H groups in total. The maximum Gasteiger partial charge on any atom is 0.191 e. The van der Waals surface area contributed by atoms with Gasteiger partial charge in [0.25, 0.3) is 0 Å². The lowest BCUT2D eigenvalue weighted by Crippen LogP contribution is -2.13. The van der Waals surface area contributed by atoms with Gasteiger partial charge in [0.1, 0.15) is 6.61 Å². The molecule has 3 nitrogen and oxygen atoms in total. The van der Waals surface area contributed by atoms with Crippen LogP contribution in [0.2, 0.25) is 5.02 Å². The van der Waals surface area contributed by atoms with E-state index in [9.17, 15) is 9.18 Å². The smallest absolute Gasteiger partial charge is 0.191 e. The highest BCUT2D eigenvalue weighted by atomic mass is 79.9. The monoisotopic (exact) mass is 324 g/mol. The van der Waals surface area contributed by atoms with Crippen LogP contribution in [0.3, 0.4) is 0 Å². The summed E-state index contributed by atoms with van der Waals surface area (Å²) >= 11 is 8.75. The molecule has 1 aromatic rings. The van der Waals surface area contributed by atoms with E-state index in [1.807, 2.05) is 0 Å². The van der Waals surface area contributed by atoms with Gasteiger partial charge in [0.15, 0.2) is 11.6 Å². The molecule has 0 spiro atoms. The Kier molecular flexibility index (Phi) is 6.05. The fraction of sp³-hybridized carbons (Fsp3) is 0.364. The van der Waals surface area contributed by atoms with Crippen molar-refractivity contribution in [3.63, 3.8) is 0 Å². The summed E-state index contributed by atoms with van der Waals surface area (Å²) in [4.78, 5) is 11.6. The Morgan fingerprint density at radius 2 is 2.18 bits per heavy atom. The first kappa shape index (κ1) is 14.6. The maximum absolute atomic E-state index is 13.6. The molecule has 0 saturated heterocycles. The molecule has 1 aromatic carbocycles. The molecule has 0 unspecified atom stereocenters. The number of benzene rings is 1. The third kappa shape index (κ3) is 4.03. The lowest BCUT2D eigenvalue weighted by molar-refractivity contribution is 0.0574. The van der Waals surface area contributed by atoms with Crippen LogP contribution in [0.25, 0.3) is 0 Å². The second-order valence-electron chi connectivity index (χ2n) is 3.19. The summed E-state index contributed by atoms with van der Waals surface area (Å²) in [5.41, 5.74) is -0.0735. The fourth-order valence-electron chi connectivity index (χ4n) is 1.13. The zero-order valence-electron chi connectivity index (χ0n) is 9.13. The predicted octanol–water partition coefficient (Wildman–Crippen LogP) is 3.09. The van der Waals surface area contributed by atoms with Gasteiger partial charge in [-0.1, -0.05) is 11.6 Å². The number of rotatable bonds is 6. The van der Waals surface area contributed by atoms with E-state index in [0.717, 1.165) is 0 Å². The van der Waals surface area contributed by atoms with Gasteiger partial charge in [-0.15, -0.1) is 0 Å². The highest BCUT2D eigenvalue weighted by Crippen LogP contribution is 2.27. The first-order valence-electron chi connectivity index (χ1n) is 4.81. The molecule has 0 atom stereocenters. The fourth-order valence-corrected chi connectivity index (χ4v) is 1.60. The maximum atomic E-state index is 13.6. The molecule has 0 aliphatic rings. The van der Waals surface area contributed by atoms with E-state index >= 15 is 0 Å². The molecular formula is C11H11BrClFO3. The van der Waals surface area contributed by atoms with Gasteiger partial charge >= 0.3 is 0 Å². The minimum absolute atomic E-state index is 0.0735. The number of ketones is 1. The van der Waals surface area contributed by atoms with Crippen molar-refractivity contribution in [3.8, 4) is 0 Å². The topological polar surface area (TPSA) is 35.5 Å². The Labute approximate surface area is 112 Å². The molecule has 0 saturated carbocycles. The second-order valence-corrected chi connectivity index (χ2v) is 4.42. The molecule has 0 aliphatic heterocycles. The van der Waals surface area contributed by atoms with Crippen LogP contribution >= 0.6 is 27.5 Å². The molecule has 0 fully saturated rings. The molecule has 0 aromatic heterocycles. The van der Waals surface area contributed by atoms with Crippen molar-refractivity contribution in [1.82, 2.24) is 0 Å². The third-order valence-electron chi connectivity index (χ3n) is 2.00. The number of hydrogen-bond donors (Lipinski definition) is 0. The van der Waals surface area contributed by atoms with E-state index in [1.165, 1.54) is 19.2 Å². The number of carbonyl (C=O) groups is 1. The molecule has 1 rings (SSSR count). The molecule has 0 heterocycles. The van der Waals surface area contributed by atoms with Gasteiger partial charge in [0, 0.05) is 11.6 Å². The van der Waals surface area contributed by atoms with Gasteiger partial charge in [0.05, 0.1) is 23.8 Å². The second kappa shape index (κ2) is 7.06. The number of methoxy groups -OCH3 is 1. The van der Waals surface area contributed by atoms with Crippen LogP contribution in [0.4, 0.5) is 4.39 Å². The summed E-state index contributed by atoms with van der Waals surface area (Å²) in [7, 11) is 1.53. The number of ether oxygens (including phenoxy) is 2. The van der Waals surface area contributed by atoms with Gasteiger partial charge in [-0.2, -0.15) is 0 Å². The van der Waals surface area contributed by atoms with E-state index in [1.54, 1.807) is 0 Å². The molecule has 94 valence electrons. The van der Waals surface area contributed by atoms with Crippen LogP contribution in [0, 0.1) is 5.82 Å². The molecule has 0 aliphatic carbocycles. The summed E-state index contributed by atoms with van der Waals surface area (Å²) < 4.78 is 23.8. The Balaban J connectivity index is 2.66. The highest BCUT2D eigenvalue weighted by molar-refractivity contribution is 9.10. The van der Waals surface area contributed by atoms with Crippen molar-refractivity contribution in [1.29, 1.82) is 0 Å². The zero-order valence-corrected chi connectivity index (χ0v) is 11.5. The van der Waals surface area contributed by atoms with Gasteiger partial charge in [-0.05, 0) is 28.1 Å². The summed E-state index contributed by atoms with van der Waals surface area (Å²) in [5.74, 6) is -1.19. The van der Waals surface area contributed by atoms with Crippen LogP contribution in [0.5, 0.6) is 0 Å². The van der Waals surface area contributed by atoms with E-state index in [0.29, 0.717) is 11.1 Å². The van der Waals surface area contributed by atoms with Crippen molar-refractivity contribution in [2.45, 2.75) is 0 Å². The number of hydrogen-bond acceptors (Lipinski definition) is 3. The van der Waals surface area contributed by atoms with Crippen molar-refractivity contribution >= 4 is 33.3 Å². The van der Waals surface area contributed by atoms with Gasteiger partial charge in [-0.3, -0.25) is 4.79 Å². The van der Waals surface area contributed by atoms with Gasteiger partial charge in [-0.25, -0.2) is 4.39 Å². The quantitative estimate of drug-likeness (QED) is 0.458. The Morgan fingerprint density at radius 1 is 1.47 bits per heavy atom. The Morgan fingerprint density at radius 3 is 2.82 bits per heavy atom. The highest BCUT2D eigenvalue weighted by Gasteiger charge is 2.16. The number of Topliss-reactive ketones (excluding diaryl/α,β-unsaturated/α-hetero) is 1. The van der Waals surface area contributed by atoms with Crippen LogP contribution in [0.1, 0.15) is 10.4 Å². The average Bonchev–Trinajstić information content (AvgIpc) is 2.31. The summed E-state index contributed by atoms with van der Waals surface area (Å²) in [6.45, 7) is 0.475. The Bertz CT molecular complexity index is 412. The van der Waals surface area contributed by atoms with Crippen molar-refractivity contribution in [3.05, 3.63) is 33.0 Å². The first-order chi connectivity index (χ1) is 8.07. The zero-order chi connectivity index (χ0) is 12.8. The lowest BCUT2D eigenvalue weighted by Gasteiger charge is -2.06. The van der Waals surface area contributed by atoms with E-state index in [4.69, 9.17) is 21.1 Å². The van der Waals surface area contributed by atoms with E-state index in [-0.39, 0.29) is 23.8 Å². The molecular weight excluding hydrogens is 314 g/mol. The largest absolute Gasteiger partial charge is 0.382 e. The molecule has 0 amide bonds. The van der Waals surface area contributed by atoms with E-state index < -0.39 is 11.6 Å². The van der Waals surface area contributed by atoms with Crippen LogP contribution in [-0.4, -0.2) is 32.7 Å².